The highest BCUT2D eigenvalue weighted by Gasteiger charge is 2.38. The van der Waals surface area contributed by atoms with Crippen LogP contribution in [0.3, 0.4) is 0 Å². The highest BCUT2D eigenvalue weighted by atomic mass is 31.2. The van der Waals surface area contributed by atoms with Crippen LogP contribution in [-0.4, -0.2) is 21.9 Å². The molecule has 0 amide bonds. The van der Waals surface area contributed by atoms with Crippen molar-refractivity contribution in [1.29, 1.82) is 0 Å². The first-order valence-corrected chi connectivity index (χ1v) is 11.5. The van der Waals surface area contributed by atoms with Gasteiger partial charge in [-0.3, -0.25) is 4.52 Å². The van der Waals surface area contributed by atoms with Crippen LogP contribution in [0.25, 0.3) is 0 Å². The Morgan fingerprint density at radius 2 is 1.82 bits per heavy atom. The third-order valence-electron chi connectivity index (χ3n) is 6.36. The Morgan fingerprint density at radius 3 is 2.57 bits per heavy atom. The fourth-order valence-electron chi connectivity index (χ4n) is 4.82. The van der Waals surface area contributed by atoms with Gasteiger partial charge in [0.1, 0.15) is 0 Å². The molecule has 0 radical (unpaired) electrons. The predicted octanol–water partition coefficient (Wildman–Crippen LogP) is 4.03. The second-order valence-electron chi connectivity index (χ2n) is 8.44. The molecule has 2 aliphatic rings. The maximum absolute atomic E-state index is 11.0. The molecule has 0 saturated heterocycles. The van der Waals surface area contributed by atoms with Gasteiger partial charge in [0.05, 0.1) is 6.61 Å². The largest absolute Gasteiger partial charge is 0.469 e. The molecule has 0 heterocycles. The molecule has 0 spiro atoms. The molecule has 28 heavy (non-hydrogen) atoms. The van der Waals surface area contributed by atoms with Crippen LogP contribution in [-0.2, 0) is 21.9 Å². The van der Waals surface area contributed by atoms with Crippen molar-refractivity contribution >= 4 is 7.82 Å². The molecule has 1 fully saturated rings. The number of aryl methyl sites for hydroxylation is 1. The van der Waals surface area contributed by atoms with Crippen LogP contribution in [0, 0.1) is 0 Å². The molecule has 4 rings (SSSR count). The first-order chi connectivity index (χ1) is 13.3. The molecule has 0 aromatic heterocycles. The van der Waals surface area contributed by atoms with Crippen molar-refractivity contribution in [3.63, 3.8) is 0 Å². The van der Waals surface area contributed by atoms with E-state index in [1.807, 2.05) is 0 Å². The van der Waals surface area contributed by atoms with Gasteiger partial charge in [0.15, 0.2) is 0 Å². The number of fused-ring (bicyclic) bond motifs is 1. The lowest BCUT2D eigenvalue weighted by molar-refractivity contribution is 0.153. The highest BCUT2D eigenvalue weighted by molar-refractivity contribution is 7.46. The minimum atomic E-state index is -4.48. The van der Waals surface area contributed by atoms with E-state index in [1.165, 1.54) is 28.7 Å². The number of hydrogen-bond donors (Lipinski definition) is 3. The molecular weight excluding hydrogens is 373 g/mol. The van der Waals surface area contributed by atoms with Crippen molar-refractivity contribution in [2.45, 2.75) is 55.9 Å². The van der Waals surface area contributed by atoms with Crippen LogP contribution in [0.4, 0.5) is 0 Å². The predicted molar refractivity (Wildman–Crippen MR) is 109 cm³/mol. The van der Waals surface area contributed by atoms with Gasteiger partial charge in [0, 0.05) is 5.54 Å². The lowest BCUT2D eigenvalue weighted by Gasteiger charge is -2.27. The molecule has 2 aromatic rings. The molecule has 0 aliphatic heterocycles. The molecule has 1 unspecified atom stereocenters. The normalized spacial score (nSPS) is 27.5. The second-order valence-corrected chi connectivity index (χ2v) is 9.68. The molecule has 3 atom stereocenters. The standard InChI is InChI=1S/C22H28NO4P/c23-22(15-27-28(24,25)26)11-10-21(14-22)20-9-8-18-12-17(6-7-19(18)13-20)16-4-2-1-3-5-16/h1-5,8-9,13,17,21H,6-7,10-12,14-15,23H2,(H2,24,25,26)/t17?,21-,22-/m0/s1. The van der Waals surface area contributed by atoms with Crippen molar-refractivity contribution in [1.82, 2.24) is 0 Å². The summed E-state index contributed by atoms with van der Waals surface area (Å²) in [6.45, 7) is -0.0997. The first kappa shape index (κ1) is 19.8. The lowest BCUT2D eigenvalue weighted by Crippen LogP contribution is -2.41. The average molecular weight is 401 g/mol. The van der Waals surface area contributed by atoms with Crippen molar-refractivity contribution < 1.29 is 18.9 Å². The Hall–Kier alpha value is -1.49. The van der Waals surface area contributed by atoms with Crippen LogP contribution in [0.1, 0.15) is 59.8 Å². The van der Waals surface area contributed by atoms with E-state index in [2.05, 4.69) is 53.1 Å². The molecule has 2 aromatic carbocycles. The van der Waals surface area contributed by atoms with Gasteiger partial charge in [0.2, 0.25) is 0 Å². The van der Waals surface area contributed by atoms with Gasteiger partial charge in [-0.1, -0.05) is 48.5 Å². The average Bonchev–Trinajstić information content (AvgIpc) is 3.09. The lowest BCUT2D eigenvalue weighted by atomic mass is 9.79. The number of benzene rings is 2. The summed E-state index contributed by atoms with van der Waals surface area (Å²) in [6.07, 6.45) is 5.67. The SMILES string of the molecule is N[C@@]1(COP(=O)(O)O)CC[C@H](c2ccc3c(c2)CCC(c2ccccc2)C3)C1. The Morgan fingerprint density at radius 1 is 1.04 bits per heavy atom. The monoisotopic (exact) mass is 401 g/mol. The topological polar surface area (TPSA) is 92.8 Å². The van der Waals surface area contributed by atoms with E-state index in [1.54, 1.807) is 0 Å². The molecular formula is C22H28NO4P. The molecule has 4 N–H and O–H groups in total. The van der Waals surface area contributed by atoms with E-state index < -0.39 is 13.4 Å². The van der Waals surface area contributed by atoms with Gasteiger partial charge in [-0.05, 0) is 72.6 Å². The van der Waals surface area contributed by atoms with Crippen molar-refractivity contribution in [2.75, 3.05) is 6.61 Å². The maximum Gasteiger partial charge on any atom is 0.469 e. The van der Waals surface area contributed by atoms with Crippen LogP contribution in [0.15, 0.2) is 48.5 Å². The summed E-state index contributed by atoms with van der Waals surface area (Å²) in [5.41, 5.74) is 11.3. The van der Waals surface area contributed by atoms with Crippen LogP contribution in [0.2, 0.25) is 0 Å². The van der Waals surface area contributed by atoms with Crippen LogP contribution >= 0.6 is 7.82 Å². The van der Waals surface area contributed by atoms with E-state index in [-0.39, 0.29) is 6.61 Å². The van der Waals surface area contributed by atoms with Gasteiger partial charge in [-0.2, -0.15) is 0 Å². The Labute approximate surface area is 166 Å². The number of rotatable bonds is 5. The fourth-order valence-corrected chi connectivity index (χ4v) is 5.25. The van der Waals surface area contributed by atoms with Gasteiger partial charge in [-0.25, -0.2) is 4.57 Å². The van der Waals surface area contributed by atoms with Gasteiger partial charge >= 0.3 is 7.82 Å². The summed E-state index contributed by atoms with van der Waals surface area (Å²) in [5, 5.41) is 0. The van der Waals surface area contributed by atoms with Gasteiger partial charge < -0.3 is 15.5 Å². The maximum atomic E-state index is 11.0. The van der Waals surface area contributed by atoms with E-state index >= 15 is 0 Å². The molecule has 1 saturated carbocycles. The Bertz CT molecular complexity index is 881. The Balaban J connectivity index is 1.44. The second kappa shape index (κ2) is 7.74. The summed E-state index contributed by atoms with van der Waals surface area (Å²) in [6, 6.07) is 17.6. The van der Waals surface area contributed by atoms with Crippen molar-refractivity contribution in [3.05, 3.63) is 70.8 Å². The summed E-state index contributed by atoms with van der Waals surface area (Å²) < 4.78 is 15.7. The Kier molecular flexibility index (Phi) is 5.47. The molecule has 6 heteroatoms. The van der Waals surface area contributed by atoms with E-state index in [4.69, 9.17) is 15.5 Å². The number of hydrogen-bond acceptors (Lipinski definition) is 3. The molecule has 5 nitrogen and oxygen atoms in total. The van der Waals surface area contributed by atoms with E-state index in [0.717, 1.165) is 19.3 Å². The summed E-state index contributed by atoms with van der Waals surface area (Å²) in [7, 11) is -4.48. The third-order valence-corrected chi connectivity index (χ3v) is 6.83. The molecule has 150 valence electrons. The summed E-state index contributed by atoms with van der Waals surface area (Å²) in [4.78, 5) is 17.9. The quantitative estimate of drug-likeness (QED) is 0.658. The summed E-state index contributed by atoms with van der Waals surface area (Å²) >= 11 is 0. The van der Waals surface area contributed by atoms with E-state index in [0.29, 0.717) is 24.7 Å². The number of phosphoric acid groups is 1. The molecule has 2 aliphatic carbocycles. The number of phosphoric ester groups is 1. The fraction of sp³-hybridized carbons (Fsp3) is 0.455. The van der Waals surface area contributed by atoms with Gasteiger partial charge in [0.25, 0.3) is 0 Å². The summed E-state index contributed by atoms with van der Waals surface area (Å²) in [5.74, 6) is 0.912. The zero-order valence-electron chi connectivity index (χ0n) is 16.0. The van der Waals surface area contributed by atoms with Crippen molar-refractivity contribution in [2.24, 2.45) is 5.73 Å². The minimum Gasteiger partial charge on any atom is -0.323 e. The zero-order chi connectivity index (χ0) is 19.8. The highest BCUT2D eigenvalue weighted by Crippen LogP contribution is 2.44. The molecule has 0 bridgehead atoms. The smallest absolute Gasteiger partial charge is 0.323 e. The first-order valence-electron chi connectivity index (χ1n) is 9.97. The van der Waals surface area contributed by atoms with Gasteiger partial charge in [-0.15, -0.1) is 0 Å². The van der Waals surface area contributed by atoms with Crippen LogP contribution < -0.4 is 5.73 Å². The van der Waals surface area contributed by atoms with E-state index in [9.17, 15) is 4.57 Å². The number of nitrogens with two attached hydrogens (primary N) is 1. The minimum absolute atomic E-state index is 0.0997. The van der Waals surface area contributed by atoms with Crippen molar-refractivity contribution in [3.8, 4) is 0 Å². The van der Waals surface area contributed by atoms with Crippen LogP contribution in [0.5, 0.6) is 0 Å². The zero-order valence-corrected chi connectivity index (χ0v) is 16.9. The third kappa shape index (κ3) is 4.56.